The first kappa shape index (κ1) is 14.1. The number of carbonyl (C=O) groups is 2. The molecule has 0 radical (unpaired) electrons. The molecule has 1 heterocycles. The molecule has 19 heavy (non-hydrogen) atoms. The molecule has 106 valence electrons. The Hall–Kier alpha value is -1.36. The molecule has 1 aliphatic heterocycles. The van der Waals surface area contributed by atoms with Crippen LogP contribution in [0.3, 0.4) is 0 Å². The molecule has 1 saturated heterocycles. The van der Waals surface area contributed by atoms with E-state index in [1.807, 2.05) is 0 Å². The van der Waals surface area contributed by atoms with Crippen LogP contribution in [-0.2, 0) is 9.59 Å². The van der Waals surface area contributed by atoms with E-state index in [0.29, 0.717) is 12.3 Å². The minimum Gasteiger partial charge on any atom is -0.481 e. The second-order valence-electron chi connectivity index (χ2n) is 5.49. The van der Waals surface area contributed by atoms with E-state index in [4.69, 9.17) is 5.11 Å². The van der Waals surface area contributed by atoms with Crippen molar-refractivity contribution < 1.29 is 14.7 Å². The number of rotatable bonds is 4. The first-order valence-corrected chi connectivity index (χ1v) is 7.05. The maximum Gasteiger partial charge on any atom is 0.310 e. The standard InChI is InChI=1S/C14H22N2O3/c1-2-9-5-6-15-12(7-9)13(17)16-11-4-3-10(8-11)14(18)19/h3-4,9-12,15H,2,5-8H2,1H3,(H,16,17)(H,18,19). The lowest BCUT2D eigenvalue weighted by atomic mass is 9.90. The molecule has 2 rings (SSSR count). The first-order valence-electron chi connectivity index (χ1n) is 7.05. The van der Waals surface area contributed by atoms with Gasteiger partial charge in [-0.15, -0.1) is 0 Å². The van der Waals surface area contributed by atoms with E-state index in [1.54, 1.807) is 12.2 Å². The zero-order valence-corrected chi connectivity index (χ0v) is 11.3. The van der Waals surface area contributed by atoms with Gasteiger partial charge in [-0.05, 0) is 31.7 Å². The normalized spacial score (nSPS) is 34.2. The molecule has 0 bridgehead atoms. The Balaban J connectivity index is 1.82. The number of carboxylic acids is 1. The largest absolute Gasteiger partial charge is 0.481 e. The predicted octanol–water partition coefficient (Wildman–Crippen LogP) is 0.910. The number of amides is 1. The van der Waals surface area contributed by atoms with Crippen LogP contribution >= 0.6 is 0 Å². The lowest BCUT2D eigenvalue weighted by Gasteiger charge is -2.29. The molecule has 4 unspecified atom stereocenters. The van der Waals surface area contributed by atoms with Crippen molar-refractivity contribution in [3.8, 4) is 0 Å². The minimum atomic E-state index is -0.824. The van der Waals surface area contributed by atoms with E-state index in [-0.39, 0.29) is 18.0 Å². The summed E-state index contributed by atoms with van der Waals surface area (Å²) in [5.74, 6) is -0.676. The van der Waals surface area contributed by atoms with Gasteiger partial charge in [0.1, 0.15) is 0 Å². The quantitative estimate of drug-likeness (QED) is 0.661. The zero-order chi connectivity index (χ0) is 13.8. The van der Waals surface area contributed by atoms with Gasteiger partial charge in [0.2, 0.25) is 5.91 Å². The Morgan fingerprint density at radius 1 is 1.37 bits per heavy atom. The highest BCUT2D eigenvalue weighted by molar-refractivity contribution is 5.82. The van der Waals surface area contributed by atoms with Gasteiger partial charge < -0.3 is 15.7 Å². The van der Waals surface area contributed by atoms with E-state index in [0.717, 1.165) is 25.8 Å². The number of nitrogens with one attached hydrogen (secondary N) is 2. The van der Waals surface area contributed by atoms with Gasteiger partial charge in [0.05, 0.1) is 12.0 Å². The molecule has 4 atom stereocenters. The van der Waals surface area contributed by atoms with Crippen LogP contribution < -0.4 is 10.6 Å². The third-order valence-electron chi connectivity index (χ3n) is 4.13. The van der Waals surface area contributed by atoms with Gasteiger partial charge in [-0.3, -0.25) is 9.59 Å². The first-order chi connectivity index (χ1) is 9.10. The third kappa shape index (κ3) is 3.56. The molecule has 5 nitrogen and oxygen atoms in total. The van der Waals surface area contributed by atoms with Crippen molar-refractivity contribution in [1.82, 2.24) is 10.6 Å². The number of carboxylic acid groups (broad SMARTS) is 1. The highest BCUT2D eigenvalue weighted by atomic mass is 16.4. The Bertz CT molecular complexity index is 381. The number of aliphatic carboxylic acids is 1. The Labute approximate surface area is 113 Å². The second-order valence-corrected chi connectivity index (χ2v) is 5.49. The van der Waals surface area contributed by atoms with Crippen molar-refractivity contribution in [2.75, 3.05) is 6.54 Å². The molecule has 3 N–H and O–H groups in total. The van der Waals surface area contributed by atoms with Crippen LogP contribution in [-0.4, -0.2) is 35.6 Å². The van der Waals surface area contributed by atoms with E-state index < -0.39 is 11.9 Å². The van der Waals surface area contributed by atoms with Crippen molar-refractivity contribution in [3.63, 3.8) is 0 Å². The summed E-state index contributed by atoms with van der Waals surface area (Å²) in [5.41, 5.74) is 0. The smallest absolute Gasteiger partial charge is 0.310 e. The molecule has 1 amide bonds. The summed E-state index contributed by atoms with van der Waals surface area (Å²) in [7, 11) is 0. The second kappa shape index (κ2) is 6.19. The van der Waals surface area contributed by atoms with Crippen LogP contribution in [0.25, 0.3) is 0 Å². The molecular weight excluding hydrogens is 244 g/mol. The van der Waals surface area contributed by atoms with Crippen molar-refractivity contribution in [1.29, 1.82) is 0 Å². The summed E-state index contributed by atoms with van der Waals surface area (Å²) >= 11 is 0. The summed E-state index contributed by atoms with van der Waals surface area (Å²) < 4.78 is 0. The summed E-state index contributed by atoms with van der Waals surface area (Å²) in [6, 6.07) is -0.270. The van der Waals surface area contributed by atoms with Gasteiger partial charge in [-0.25, -0.2) is 0 Å². The monoisotopic (exact) mass is 266 g/mol. The summed E-state index contributed by atoms with van der Waals surface area (Å²) in [6.07, 6.45) is 7.03. The predicted molar refractivity (Wildman–Crippen MR) is 71.6 cm³/mol. The Morgan fingerprint density at radius 2 is 2.16 bits per heavy atom. The minimum absolute atomic E-state index is 0.00108. The maximum absolute atomic E-state index is 12.1. The van der Waals surface area contributed by atoms with E-state index >= 15 is 0 Å². The summed E-state index contributed by atoms with van der Waals surface area (Å²) in [6.45, 7) is 3.04. The van der Waals surface area contributed by atoms with Crippen molar-refractivity contribution in [2.24, 2.45) is 11.8 Å². The maximum atomic E-state index is 12.1. The molecule has 5 heteroatoms. The van der Waals surface area contributed by atoms with Crippen LogP contribution in [0.15, 0.2) is 12.2 Å². The number of carbonyl (C=O) groups excluding carboxylic acids is 1. The lowest BCUT2D eigenvalue weighted by molar-refractivity contribution is -0.140. The van der Waals surface area contributed by atoms with Gasteiger partial charge in [-0.2, -0.15) is 0 Å². The van der Waals surface area contributed by atoms with Crippen LogP contribution in [0.5, 0.6) is 0 Å². The van der Waals surface area contributed by atoms with Gasteiger partial charge in [0, 0.05) is 6.04 Å². The van der Waals surface area contributed by atoms with Crippen molar-refractivity contribution in [2.45, 2.75) is 44.7 Å². The lowest BCUT2D eigenvalue weighted by Crippen LogP contribution is -2.50. The number of hydrogen-bond acceptors (Lipinski definition) is 3. The molecule has 0 saturated carbocycles. The molecule has 2 aliphatic rings. The molecule has 1 aliphatic carbocycles. The fourth-order valence-corrected chi connectivity index (χ4v) is 2.84. The molecule has 0 aromatic heterocycles. The Kier molecular flexibility index (Phi) is 4.58. The molecule has 0 spiro atoms. The van der Waals surface area contributed by atoms with Crippen LogP contribution in [0, 0.1) is 11.8 Å². The molecular formula is C14H22N2O3. The fourth-order valence-electron chi connectivity index (χ4n) is 2.84. The molecule has 1 fully saturated rings. The average Bonchev–Trinajstić information content (AvgIpc) is 2.87. The van der Waals surface area contributed by atoms with Gasteiger partial charge >= 0.3 is 5.97 Å². The zero-order valence-electron chi connectivity index (χ0n) is 11.3. The van der Waals surface area contributed by atoms with E-state index in [2.05, 4.69) is 17.6 Å². The molecule has 0 aromatic carbocycles. The SMILES string of the molecule is CCC1CCNC(C(=O)NC2C=CC(C(=O)O)C2)C1. The number of hydrogen-bond donors (Lipinski definition) is 3. The highest BCUT2D eigenvalue weighted by Gasteiger charge is 2.30. The van der Waals surface area contributed by atoms with Gasteiger partial charge in [0.15, 0.2) is 0 Å². The van der Waals surface area contributed by atoms with Crippen molar-refractivity contribution >= 4 is 11.9 Å². The van der Waals surface area contributed by atoms with Crippen LogP contribution in [0.2, 0.25) is 0 Å². The Morgan fingerprint density at radius 3 is 2.79 bits per heavy atom. The van der Waals surface area contributed by atoms with E-state index in [1.165, 1.54) is 0 Å². The summed E-state index contributed by atoms with van der Waals surface area (Å²) in [4.78, 5) is 23.0. The molecule has 0 aromatic rings. The van der Waals surface area contributed by atoms with Gasteiger partial charge in [0.25, 0.3) is 0 Å². The van der Waals surface area contributed by atoms with Gasteiger partial charge in [-0.1, -0.05) is 25.5 Å². The van der Waals surface area contributed by atoms with E-state index in [9.17, 15) is 9.59 Å². The summed E-state index contributed by atoms with van der Waals surface area (Å²) in [5, 5.41) is 15.1. The topological polar surface area (TPSA) is 78.4 Å². The van der Waals surface area contributed by atoms with Crippen LogP contribution in [0.4, 0.5) is 0 Å². The fraction of sp³-hybridized carbons (Fsp3) is 0.714. The highest BCUT2D eigenvalue weighted by Crippen LogP contribution is 2.21. The number of piperidine rings is 1. The average molecular weight is 266 g/mol. The third-order valence-corrected chi connectivity index (χ3v) is 4.13. The van der Waals surface area contributed by atoms with Crippen molar-refractivity contribution in [3.05, 3.63) is 12.2 Å². The van der Waals surface area contributed by atoms with Crippen LogP contribution in [0.1, 0.15) is 32.6 Å².